The van der Waals surface area contributed by atoms with E-state index in [4.69, 9.17) is 11.6 Å². The third-order valence-corrected chi connectivity index (χ3v) is 5.12. The van der Waals surface area contributed by atoms with Crippen molar-refractivity contribution in [3.8, 4) is 0 Å². The number of thioether (sulfide) groups is 1. The van der Waals surface area contributed by atoms with Gasteiger partial charge in [0.1, 0.15) is 0 Å². The highest BCUT2D eigenvalue weighted by Crippen LogP contribution is 2.27. The first-order chi connectivity index (χ1) is 11.0. The molecule has 118 valence electrons. The molecule has 1 N–H and O–H groups in total. The molecule has 0 bridgehead atoms. The van der Waals surface area contributed by atoms with Gasteiger partial charge in [0.2, 0.25) is 5.91 Å². The fourth-order valence-electron chi connectivity index (χ4n) is 2.38. The molecule has 0 aliphatic carbocycles. The molecule has 2 aromatic rings. The predicted molar refractivity (Wildman–Crippen MR) is 97.7 cm³/mol. The van der Waals surface area contributed by atoms with Crippen molar-refractivity contribution in [2.75, 3.05) is 0 Å². The maximum atomic E-state index is 12.1. The summed E-state index contributed by atoms with van der Waals surface area (Å²) in [6.07, 6.45) is 0.642. The molecular formula is C18H17ClN2OS. The van der Waals surface area contributed by atoms with Gasteiger partial charge >= 0.3 is 0 Å². The standard InChI is InChI=1S/C18H17ClN2OS/c1-11-6-7-15(8-12(11)2)20-18-21-17(22)16(23-18)10-13-4-3-5-14(19)9-13/h3-9,16H,10H2,1-2H3,(H,20,21,22). The van der Waals surface area contributed by atoms with Crippen LogP contribution in [-0.4, -0.2) is 16.3 Å². The minimum atomic E-state index is -0.168. The van der Waals surface area contributed by atoms with Crippen molar-refractivity contribution in [3.63, 3.8) is 0 Å². The summed E-state index contributed by atoms with van der Waals surface area (Å²) in [6.45, 7) is 4.13. The molecular weight excluding hydrogens is 328 g/mol. The summed E-state index contributed by atoms with van der Waals surface area (Å²) in [6, 6.07) is 13.6. The van der Waals surface area contributed by atoms with Crippen LogP contribution in [0.4, 0.5) is 5.69 Å². The van der Waals surface area contributed by atoms with Crippen molar-refractivity contribution < 1.29 is 4.79 Å². The number of aryl methyl sites for hydroxylation is 2. The molecule has 1 atom stereocenters. The van der Waals surface area contributed by atoms with E-state index >= 15 is 0 Å². The molecule has 0 radical (unpaired) electrons. The highest BCUT2D eigenvalue weighted by Gasteiger charge is 2.30. The number of hydrogen-bond donors (Lipinski definition) is 1. The minimum Gasteiger partial charge on any atom is -0.304 e. The van der Waals surface area contributed by atoms with Gasteiger partial charge in [0.05, 0.1) is 10.9 Å². The smallest absolute Gasteiger partial charge is 0.239 e. The van der Waals surface area contributed by atoms with E-state index in [1.807, 2.05) is 42.5 Å². The van der Waals surface area contributed by atoms with Gasteiger partial charge in [-0.1, -0.05) is 41.6 Å². The van der Waals surface area contributed by atoms with Crippen molar-refractivity contribution in [1.82, 2.24) is 5.32 Å². The summed E-state index contributed by atoms with van der Waals surface area (Å²) in [5, 5.41) is 4.04. The Kier molecular flexibility index (Phi) is 4.74. The molecule has 1 fully saturated rings. The lowest BCUT2D eigenvalue weighted by molar-refractivity contribution is -0.118. The number of amidine groups is 1. The zero-order valence-electron chi connectivity index (χ0n) is 13.0. The van der Waals surface area contributed by atoms with Crippen LogP contribution in [-0.2, 0) is 11.2 Å². The van der Waals surface area contributed by atoms with Gasteiger partial charge < -0.3 is 5.32 Å². The molecule has 0 aromatic heterocycles. The molecule has 3 nitrogen and oxygen atoms in total. The van der Waals surface area contributed by atoms with Crippen LogP contribution < -0.4 is 5.32 Å². The normalized spacial score (nSPS) is 19.2. The minimum absolute atomic E-state index is 0.00226. The number of amides is 1. The van der Waals surface area contributed by atoms with E-state index in [0.717, 1.165) is 11.3 Å². The Morgan fingerprint density at radius 1 is 1.17 bits per heavy atom. The molecule has 2 aromatic carbocycles. The summed E-state index contributed by atoms with van der Waals surface area (Å²) in [7, 11) is 0. The summed E-state index contributed by atoms with van der Waals surface area (Å²) in [5.41, 5.74) is 4.34. The van der Waals surface area contributed by atoms with Gasteiger partial charge in [-0.25, -0.2) is 4.99 Å². The average molecular weight is 345 g/mol. The van der Waals surface area contributed by atoms with Gasteiger partial charge in [-0.15, -0.1) is 0 Å². The Bertz CT molecular complexity index is 788. The van der Waals surface area contributed by atoms with E-state index in [2.05, 4.69) is 24.2 Å². The van der Waals surface area contributed by atoms with Gasteiger partial charge in [0, 0.05) is 5.02 Å². The van der Waals surface area contributed by atoms with Crippen molar-refractivity contribution in [3.05, 3.63) is 64.2 Å². The van der Waals surface area contributed by atoms with Crippen LogP contribution in [0, 0.1) is 13.8 Å². The summed E-state index contributed by atoms with van der Waals surface area (Å²) < 4.78 is 0. The maximum Gasteiger partial charge on any atom is 0.239 e. The Labute approximate surface area is 145 Å². The van der Waals surface area contributed by atoms with E-state index in [1.165, 1.54) is 22.9 Å². The number of nitrogens with one attached hydrogen (secondary N) is 1. The predicted octanol–water partition coefficient (Wildman–Crippen LogP) is 4.42. The Hall–Kier alpha value is -1.78. The second kappa shape index (κ2) is 6.77. The van der Waals surface area contributed by atoms with Gasteiger partial charge in [0.15, 0.2) is 5.17 Å². The number of carbonyl (C=O) groups is 1. The summed E-state index contributed by atoms with van der Waals surface area (Å²) >= 11 is 7.47. The fraction of sp³-hybridized carbons (Fsp3) is 0.222. The number of halogens is 1. The van der Waals surface area contributed by atoms with Gasteiger partial charge in [-0.3, -0.25) is 4.79 Å². The first-order valence-electron chi connectivity index (χ1n) is 7.39. The van der Waals surface area contributed by atoms with Crippen molar-refractivity contribution in [1.29, 1.82) is 0 Å². The number of nitrogens with zero attached hydrogens (tertiary/aromatic N) is 1. The number of carbonyl (C=O) groups excluding carboxylic acids is 1. The Balaban J connectivity index is 1.74. The molecule has 0 saturated carbocycles. The number of benzene rings is 2. The monoisotopic (exact) mass is 344 g/mol. The molecule has 1 saturated heterocycles. The lowest BCUT2D eigenvalue weighted by atomic mass is 10.1. The van der Waals surface area contributed by atoms with Crippen LogP contribution >= 0.6 is 23.4 Å². The second-order valence-corrected chi connectivity index (χ2v) is 7.24. The quantitative estimate of drug-likeness (QED) is 0.895. The molecule has 0 spiro atoms. The number of aliphatic imine (C=N–C) groups is 1. The third kappa shape index (κ3) is 3.95. The van der Waals surface area contributed by atoms with Crippen LogP contribution in [0.15, 0.2) is 47.5 Å². The molecule has 5 heteroatoms. The molecule has 1 unspecified atom stereocenters. The van der Waals surface area contributed by atoms with Crippen molar-refractivity contribution in [2.45, 2.75) is 25.5 Å². The molecule has 1 aliphatic rings. The molecule has 23 heavy (non-hydrogen) atoms. The van der Waals surface area contributed by atoms with Crippen LogP contribution in [0.25, 0.3) is 0 Å². The summed E-state index contributed by atoms with van der Waals surface area (Å²) in [4.78, 5) is 16.7. The van der Waals surface area contributed by atoms with Crippen LogP contribution in [0.3, 0.4) is 0 Å². The van der Waals surface area contributed by atoms with Gasteiger partial charge in [0.25, 0.3) is 0 Å². The Morgan fingerprint density at radius 2 is 2.00 bits per heavy atom. The van der Waals surface area contributed by atoms with E-state index in [1.54, 1.807) is 0 Å². The number of hydrogen-bond acceptors (Lipinski definition) is 3. The van der Waals surface area contributed by atoms with Gasteiger partial charge in [-0.2, -0.15) is 0 Å². The van der Waals surface area contributed by atoms with Crippen LogP contribution in [0.1, 0.15) is 16.7 Å². The zero-order valence-corrected chi connectivity index (χ0v) is 14.5. The van der Waals surface area contributed by atoms with E-state index in [-0.39, 0.29) is 11.2 Å². The summed E-state index contributed by atoms with van der Waals surface area (Å²) in [5.74, 6) is -0.00226. The maximum absolute atomic E-state index is 12.1. The second-order valence-electron chi connectivity index (χ2n) is 5.62. The first-order valence-corrected chi connectivity index (χ1v) is 8.65. The average Bonchev–Trinajstić information content (AvgIpc) is 2.83. The Morgan fingerprint density at radius 3 is 2.74 bits per heavy atom. The lowest BCUT2D eigenvalue weighted by Gasteiger charge is -2.05. The zero-order chi connectivity index (χ0) is 16.4. The van der Waals surface area contributed by atoms with Gasteiger partial charge in [-0.05, 0) is 61.2 Å². The highest BCUT2D eigenvalue weighted by atomic mass is 35.5. The molecule has 1 heterocycles. The molecule has 1 amide bonds. The third-order valence-electron chi connectivity index (χ3n) is 3.81. The van der Waals surface area contributed by atoms with E-state index < -0.39 is 0 Å². The van der Waals surface area contributed by atoms with Crippen LogP contribution in [0.5, 0.6) is 0 Å². The molecule has 3 rings (SSSR count). The fourth-order valence-corrected chi connectivity index (χ4v) is 3.62. The largest absolute Gasteiger partial charge is 0.304 e. The molecule has 1 aliphatic heterocycles. The highest BCUT2D eigenvalue weighted by molar-refractivity contribution is 8.15. The van der Waals surface area contributed by atoms with Crippen LogP contribution in [0.2, 0.25) is 5.02 Å². The lowest BCUT2D eigenvalue weighted by Crippen LogP contribution is -2.25. The van der Waals surface area contributed by atoms with E-state index in [0.29, 0.717) is 16.6 Å². The number of rotatable bonds is 3. The topological polar surface area (TPSA) is 41.5 Å². The SMILES string of the molecule is Cc1ccc(N=C2NC(=O)C(Cc3cccc(Cl)c3)S2)cc1C. The van der Waals surface area contributed by atoms with Crippen molar-refractivity contribution >= 4 is 40.1 Å². The van der Waals surface area contributed by atoms with Crippen molar-refractivity contribution in [2.24, 2.45) is 4.99 Å². The first kappa shape index (κ1) is 16.1. The van der Waals surface area contributed by atoms with E-state index in [9.17, 15) is 4.79 Å².